The van der Waals surface area contributed by atoms with Crippen LogP contribution < -0.4 is 4.74 Å². The Morgan fingerprint density at radius 1 is 1.41 bits per heavy atom. The van der Waals surface area contributed by atoms with Crippen LogP contribution in [-0.4, -0.2) is 30.9 Å². The molecule has 0 radical (unpaired) electrons. The molecule has 2 rings (SSSR count). The van der Waals surface area contributed by atoms with E-state index in [9.17, 15) is 4.79 Å². The van der Waals surface area contributed by atoms with Gasteiger partial charge in [-0.3, -0.25) is 0 Å². The van der Waals surface area contributed by atoms with Crippen LogP contribution in [0, 0.1) is 5.41 Å². The smallest absolute Gasteiger partial charge is 0.335 e. The fraction of sp³-hybridized carbons (Fsp3) is 0.462. The Labute approximate surface area is 100 Å². The van der Waals surface area contributed by atoms with Crippen LogP contribution in [0.4, 0.5) is 0 Å². The molecule has 1 aliphatic rings. The molecule has 1 aromatic carbocycles. The molecular weight excluding hydrogens is 220 g/mol. The second-order valence-electron chi connectivity index (χ2n) is 4.73. The molecule has 1 aromatic rings. The molecule has 0 aliphatic carbocycles. The molecule has 17 heavy (non-hydrogen) atoms. The third kappa shape index (κ3) is 2.97. The first-order valence-electron chi connectivity index (χ1n) is 5.63. The van der Waals surface area contributed by atoms with Crippen LogP contribution in [0.5, 0.6) is 5.75 Å². The quantitative estimate of drug-likeness (QED) is 0.851. The number of hydrogen-bond acceptors (Lipinski definition) is 3. The summed E-state index contributed by atoms with van der Waals surface area (Å²) < 4.78 is 10.7. The summed E-state index contributed by atoms with van der Waals surface area (Å²) in [5, 5.41) is 8.74. The van der Waals surface area contributed by atoms with Crippen LogP contribution >= 0.6 is 0 Å². The molecule has 4 nitrogen and oxygen atoms in total. The van der Waals surface area contributed by atoms with Crippen LogP contribution in [0.2, 0.25) is 0 Å². The van der Waals surface area contributed by atoms with Crippen LogP contribution in [0.15, 0.2) is 24.3 Å². The molecule has 0 amide bonds. The molecule has 0 unspecified atom stereocenters. The molecule has 1 N–H and O–H groups in total. The number of carboxylic acids is 1. The zero-order chi connectivity index (χ0) is 12.3. The monoisotopic (exact) mass is 236 g/mol. The van der Waals surface area contributed by atoms with E-state index in [-0.39, 0.29) is 11.0 Å². The third-order valence-corrected chi connectivity index (χ3v) is 2.98. The lowest BCUT2D eigenvalue weighted by Crippen LogP contribution is -2.40. The minimum Gasteiger partial charge on any atom is -0.494 e. The van der Waals surface area contributed by atoms with E-state index in [0.29, 0.717) is 12.4 Å². The van der Waals surface area contributed by atoms with Crippen molar-refractivity contribution in [1.29, 1.82) is 0 Å². The summed E-state index contributed by atoms with van der Waals surface area (Å²) in [7, 11) is 0. The molecule has 92 valence electrons. The van der Waals surface area contributed by atoms with Crippen LogP contribution in [0.3, 0.4) is 0 Å². The molecular formula is C13H16O4. The highest BCUT2D eigenvalue weighted by atomic mass is 16.5. The predicted octanol–water partition coefficient (Wildman–Crippen LogP) is 2.19. The number of aromatic carboxylic acids is 1. The van der Waals surface area contributed by atoms with Gasteiger partial charge in [0.1, 0.15) is 5.75 Å². The molecule has 1 aliphatic heterocycles. The van der Waals surface area contributed by atoms with Gasteiger partial charge in [-0.1, -0.05) is 6.92 Å². The molecule has 0 atom stereocenters. The Bertz CT molecular complexity index is 392. The second kappa shape index (κ2) is 4.75. The minimum absolute atomic E-state index is 0.251. The highest BCUT2D eigenvalue weighted by Gasteiger charge is 2.32. The molecule has 0 saturated carbocycles. The van der Waals surface area contributed by atoms with Crippen molar-refractivity contribution in [2.75, 3.05) is 19.8 Å². The largest absolute Gasteiger partial charge is 0.494 e. The number of hydrogen-bond donors (Lipinski definition) is 1. The van der Waals surface area contributed by atoms with Gasteiger partial charge in [0.05, 0.1) is 25.4 Å². The normalized spacial score (nSPS) is 17.2. The van der Waals surface area contributed by atoms with Gasteiger partial charge in [-0.2, -0.15) is 0 Å². The lowest BCUT2D eigenvalue weighted by molar-refractivity contribution is -0.109. The van der Waals surface area contributed by atoms with Crippen molar-refractivity contribution < 1.29 is 19.4 Å². The van der Waals surface area contributed by atoms with Gasteiger partial charge in [0.15, 0.2) is 0 Å². The second-order valence-corrected chi connectivity index (χ2v) is 4.73. The number of ether oxygens (including phenoxy) is 2. The molecule has 4 heteroatoms. The summed E-state index contributed by atoms with van der Waals surface area (Å²) in [5.74, 6) is -0.213. The van der Waals surface area contributed by atoms with Crippen molar-refractivity contribution in [2.45, 2.75) is 13.3 Å². The third-order valence-electron chi connectivity index (χ3n) is 2.98. The summed E-state index contributed by atoms with van der Waals surface area (Å²) >= 11 is 0. The Morgan fingerprint density at radius 3 is 2.53 bits per heavy atom. The Balaban J connectivity index is 1.80. The van der Waals surface area contributed by atoms with Gasteiger partial charge in [0.2, 0.25) is 0 Å². The summed E-state index contributed by atoms with van der Waals surface area (Å²) in [4.78, 5) is 10.6. The zero-order valence-electron chi connectivity index (χ0n) is 9.81. The number of rotatable bonds is 5. The summed E-state index contributed by atoms with van der Waals surface area (Å²) in [6.07, 6.45) is 0.952. The maximum atomic E-state index is 10.6. The van der Waals surface area contributed by atoms with Crippen LogP contribution in [0.25, 0.3) is 0 Å². The summed E-state index contributed by atoms with van der Waals surface area (Å²) in [6.45, 7) is 4.41. The van der Waals surface area contributed by atoms with Crippen molar-refractivity contribution >= 4 is 5.97 Å². The standard InChI is InChI=1S/C13H16O4/c1-13(8-16-9-13)6-7-17-11-4-2-10(3-5-11)12(14)15/h2-5H,6-9H2,1H3,(H,14,15). The topological polar surface area (TPSA) is 55.8 Å². The first kappa shape index (κ1) is 11.9. The van der Waals surface area contributed by atoms with E-state index in [1.165, 1.54) is 0 Å². The average Bonchev–Trinajstić information content (AvgIpc) is 2.27. The molecule has 1 saturated heterocycles. The molecule has 0 bridgehead atoms. The van der Waals surface area contributed by atoms with Crippen LogP contribution in [0.1, 0.15) is 23.7 Å². The maximum absolute atomic E-state index is 10.6. The van der Waals surface area contributed by atoms with E-state index in [2.05, 4.69) is 6.92 Å². The molecule has 1 fully saturated rings. The van der Waals surface area contributed by atoms with E-state index >= 15 is 0 Å². The molecule has 1 heterocycles. The van der Waals surface area contributed by atoms with E-state index in [0.717, 1.165) is 19.6 Å². The number of benzene rings is 1. The van der Waals surface area contributed by atoms with Crippen LogP contribution in [-0.2, 0) is 4.74 Å². The lowest BCUT2D eigenvalue weighted by atomic mass is 9.85. The van der Waals surface area contributed by atoms with Crippen molar-refractivity contribution in [3.63, 3.8) is 0 Å². The van der Waals surface area contributed by atoms with Crippen molar-refractivity contribution in [3.8, 4) is 5.75 Å². The summed E-state index contributed by atoms with van der Waals surface area (Å²) in [6, 6.07) is 6.46. The summed E-state index contributed by atoms with van der Waals surface area (Å²) in [5.41, 5.74) is 0.526. The van der Waals surface area contributed by atoms with Gasteiger partial charge in [-0.05, 0) is 30.7 Å². The Kier molecular flexibility index (Phi) is 3.33. The van der Waals surface area contributed by atoms with Gasteiger partial charge >= 0.3 is 5.97 Å². The fourth-order valence-electron chi connectivity index (χ4n) is 1.70. The van der Waals surface area contributed by atoms with Crippen molar-refractivity contribution in [2.24, 2.45) is 5.41 Å². The van der Waals surface area contributed by atoms with E-state index < -0.39 is 5.97 Å². The van der Waals surface area contributed by atoms with E-state index in [1.807, 2.05) is 0 Å². The van der Waals surface area contributed by atoms with Gasteiger partial charge in [0, 0.05) is 5.41 Å². The first-order valence-corrected chi connectivity index (χ1v) is 5.63. The number of carboxylic acid groups (broad SMARTS) is 1. The predicted molar refractivity (Wildman–Crippen MR) is 62.4 cm³/mol. The Morgan fingerprint density at radius 2 is 2.06 bits per heavy atom. The van der Waals surface area contributed by atoms with Gasteiger partial charge in [0.25, 0.3) is 0 Å². The van der Waals surface area contributed by atoms with E-state index in [4.69, 9.17) is 14.6 Å². The van der Waals surface area contributed by atoms with Gasteiger partial charge in [-0.15, -0.1) is 0 Å². The average molecular weight is 236 g/mol. The number of carbonyl (C=O) groups is 1. The van der Waals surface area contributed by atoms with E-state index in [1.54, 1.807) is 24.3 Å². The Hall–Kier alpha value is -1.55. The fourth-order valence-corrected chi connectivity index (χ4v) is 1.70. The minimum atomic E-state index is -0.921. The van der Waals surface area contributed by atoms with Gasteiger partial charge < -0.3 is 14.6 Å². The SMILES string of the molecule is CC1(CCOc2ccc(C(=O)O)cc2)COC1. The molecule has 0 aromatic heterocycles. The van der Waals surface area contributed by atoms with Gasteiger partial charge in [-0.25, -0.2) is 4.79 Å². The van der Waals surface area contributed by atoms with Crippen molar-refractivity contribution in [1.82, 2.24) is 0 Å². The first-order chi connectivity index (χ1) is 8.09. The highest BCUT2D eigenvalue weighted by Crippen LogP contribution is 2.30. The zero-order valence-corrected chi connectivity index (χ0v) is 9.81. The highest BCUT2D eigenvalue weighted by molar-refractivity contribution is 5.87. The maximum Gasteiger partial charge on any atom is 0.335 e. The molecule has 0 spiro atoms. The van der Waals surface area contributed by atoms with Crippen molar-refractivity contribution in [3.05, 3.63) is 29.8 Å². The lowest BCUT2D eigenvalue weighted by Gasteiger charge is -2.37.